The Morgan fingerprint density at radius 3 is 2.50 bits per heavy atom. The minimum absolute atomic E-state index is 0.333. The SMILES string of the molecule is CC(C)n1c(-c2ccccc2)nc2cccnc21. The maximum absolute atomic E-state index is 4.70. The zero-order chi connectivity index (χ0) is 12.5. The standard InChI is InChI=1S/C15H15N3/c1-11(2)18-14(12-7-4-3-5-8-12)17-13-9-6-10-16-15(13)18/h3-11H,1-2H3. The van der Waals surface area contributed by atoms with Crippen LogP contribution in [0, 0.1) is 0 Å². The van der Waals surface area contributed by atoms with Crippen LogP contribution in [0.15, 0.2) is 48.7 Å². The second-order valence-electron chi connectivity index (χ2n) is 4.61. The van der Waals surface area contributed by atoms with E-state index in [1.165, 1.54) is 0 Å². The molecule has 0 amide bonds. The van der Waals surface area contributed by atoms with Gasteiger partial charge in [0.1, 0.15) is 11.3 Å². The van der Waals surface area contributed by atoms with E-state index in [0.717, 1.165) is 22.6 Å². The van der Waals surface area contributed by atoms with Crippen molar-refractivity contribution in [3.8, 4) is 11.4 Å². The molecule has 0 unspecified atom stereocenters. The number of pyridine rings is 1. The number of hydrogen-bond acceptors (Lipinski definition) is 2. The minimum atomic E-state index is 0.333. The molecule has 0 bridgehead atoms. The van der Waals surface area contributed by atoms with Gasteiger partial charge in [-0.15, -0.1) is 0 Å². The Balaban J connectivity index is 2.32. The number of rotatable bonds is 2. The van der Waals surface area contributed by atoms with Crippen LogP contribution in [0.3, 0.4) is 0 Å². The highest BCUT2D eigenvalue weighted by Gasteiger charge is 2.14. The lowest BCUT2D eigenvalue weighted by Crippen LogP contribution is -2.03. The summed E-state index contributed by atoms with van der Waals surface area (Å²) in [5.41, 5.74) is 3.03. The summed E-state index contributed by atoms with van der Waals surface area (Å²) >= 11 is 0. The summed E-state index contributed by atoms with van der Waals surface area (Å²) in [5, 5.41) is 0. The lowest BCUT2D eigenvalue weighted by molar-refractivity contribution is 0.619. The van der Waals surface area contributed by atoms with Crippen molar-refractivity contribution in [2.24, 2.45) is 0 Å². The van der Waals surface area contributed by atoms with Gasteiger partial charge in [0.25, 0.3) is 0 Å². The Hall–Kier alpha value is -2.16. The van der Waals surface area contributed by atoms with Gasteiger partial charge in [-0.1, -0.05) is 30.3 Å². The van der Waals surface area contributed by atoms with Gasteiger partial charge in [-0.25, -0.2) is 9.97 Å². The molecular weight excluding hydrogens is 222 g/mol. The molecule has 0 aliphatic heterocycles. The van der Waals surface area contributed by atoms with Gasteiger partial charge < -0.3 is 4.57 Å². The molecule has 0 atom stereocenters. The molecular formula is C15H15N3. The van der Waals surface area contributed by atoms with E-state index < -0.39 is 0 Å². The molecule has 0 N–H and O–H groups in total. The van der Waals surface area contributed by atoms with Crippen LogP contribution in [0.1, 0.15) is 19.9 Å². The number of nitrogens with zero attached hydrogens (tertiary/aromatic N) is 3. The third-order valence-electron chi connectivity index (χ3n) is 3.00. The summed E-state index contributed by atoms with van der Waals surface area (Å²) in [7, 11) is 0. The zero-order valence-corrected chi connectivity index (χ0v) is 10.5. The van der Waals surface area contributed by atoms with E-state index in [2.05, 4.69) is 35.5 Å². The first-order chi connectivity index (χ1) is 8.77. The van der Waals surface area contributed by atoms with Gasteiger partial charge in [0.15, 0.2) is 5.65 Å². The van der Waals surface area contributed by atoms with E-state index in [9.17, 15) is 0 Å². The Morgan fingerprint density at radius 1 is 1.00 bits per heavy atom. The van der Waals surface area contributed by atoms with E-state index in [-0.39, 0.29) is 0 Å². The van der Waals surface area contributed by atoms with Crippen LogP contribution >= 0.6 is 0 Å². The van der Waals surface area contributed by atoms with Crippen LogP contribution in [0.5, 0.6) is 0 Å². The number of fused-ring (bicyclic) bond motifs is 1. The van der Waals surface area contributed by atoms with E-state index in [0.29, 0.717) is 6.04 Å². The third kappa shape index (κ3) is 1.68. The summed E-state index contributed by atoms with van der Waals surface area (Å²) in [6.45, 7) is 4.31. The maximum atomic E-state index is 4.70. The number of imidazole rings is 1. The summed E-state index contributed by atoms with van der Waals surface area (Å²) in [6, 6.07) is 14.5. The highest BCUT2D eigenvalue weighted by atomic mass is 15.1. The van der Waals surface area contributed by atoms with Crippen molar-refractivity contribution < 1.29 is 0 Å². The number of hydrogen-bond donors (Lipinski definition) is 0. The fourth-order valence-electron chi connectivity index (χ4n) is 2.21. The number of aromatic nitrogens is 3. The monoisotopic (exact) mass is 237 g/mol. The second kappa shape index (κ2) is 4.26. The average Bonchev–Trinajstić information content (AvgIpc) is 2.79. The van der Waals surface area contributed by atoms with E-state index in [1.807, 2.05) is 36.5 Å². The predicted octanol–water partition coefficient (Wildman–Crippen LogP) is 3.68. The van der Waals surface area contributed by atoms with Crippen LogP contribution in [0.25, 0.3) is 22.6 Å². The molecule has 3 rings (SSSR count). The molecule has 3 heteroatoms. The molecule has 3 nitrogen and oxygen atoms in total. The van der Waals surface area contributed by atoms with Crippen molar-refractivity contribution in [1.82, 2.24) is 14.5 Å². The maximum Gasteiger partial charge on any atom is 0.160 e. The summed E-state index contributed by atoms with van der Waals surface area (Å²) < 4.78 is 2.19. The average molecular weight is 237 g/mol. The van der Waals surface area contributed by atoms with E-state index in [1.54, 1.807) is 0 Å². The Morgan fingerprint density at radius 2 is 1.78 bits per heavy atom. The van der Waals surface area contributed by atoms with E-state index in [4.69, 9.17) is 4.98 Å². The third-order valence-corrected chi connectivity index (χ3v) is 3.00. The molecule has 2 aromatic heterocycles. The summed E-state index contributed by atoms with van der Waals surface area (Å²) in [6.07, 6.45) is 1.82. The van der Waals surface area contributed by atoms with Crippen LogP contribution in [0.4, 0.5) is 0 Å². The Bertz CT molecular complexity index is 669. The van der Waals surface area contributed by atoms with Crippen molar-refractivity contribution in [2.75, 3.05) is 0 Å². The molecule has 0 saturated heterocycles. The van der Waals surface area contributed by atoms with Crippen molar-refractivity contribution in [3.05, 3.63) is 48.7 Å². The zero-order valence-electron chi connectivity index (χ0n) is 10.5. The van der Waals surface area contributed by atoms with Crippen molar-refractivity contribution in [3.63, 3.8) is 0 Å². The summed E-state index contributed by atoms with van der Waals surface area (Å²) in [5.74, 6) is 0.985. The van der Waals surface area contributed by atoms with Gasteiger partial charge in [-0.2, -0.15) is 0 Å². The molecule has 3 aromatic rings. The predicted molar refractivity (Wildman–Crippen MR) is 73.3 cm³/mol. The highest BCUT2D eigenvalue weighted by molar-refractivity contribution is 5.77. The molecule has 0 aliphatic rings. The Kier molecular flexibility index (Phi) is 2.59. The lowest BCUT2D eigenvalue weighted by atomic mass is 10.2. The molecule has 0 aliphatic carbocycles. The largest absolute Gasteiger partial charge is 0.306 e. The van der Waals surface area contributed by atoms with Crippen molar-refractivity contribution in [1.29, 1.82) is 0 Å². The van der Waals surface area contributed by atoms with Crippen LogP contribution in [-0.4, -0.2) is 14.5 Å². The van der Waals surface area contributed by atoms with Gasteiger partial charge in [0, 0.05) is 17.8 Å². The van der Waals surface area contributed by atoms with Crippen molar-refractivity contribution >= 4 is 11.2 Å². The topological polar surface area (TPSA) is 30.7 Å². The normalized spacial score (nSPS) is 11.3. The van der Waals surface area contributed by atoms with Crippen LogP contribution in [-0.2, 0) is 0 Å². The van der Waals surface area contributed by atoms with Gasteiger partial charge in [-0.05, 0) is 26.0 Å². The summed E-state index contributed by atoms with van der Waals surface area (Å²) in [4.78, 5) is 9.15. The van der Waals surface area contributed by atoms with E-state index >= 15 is 0 Å². The molecule has 0 spiro atoms. The number of benzene rings is 1. The first-order valence-electron chi connectivity index (χ1n) is 6.16. The molecule has 0 fully saturated rings. The van der Waals surface area contributed by atoms with Gasteiger partial charge in [0.05, 0.1) is 0 Å². The van der Waals surface area contributed by atoms with Crippen molar-refractivity contribution in [2.45, 2.75) is 19.9 Å². The molecule has 2 heterocycles. The van der Waals surface area contributed by atoms with Gasteiger partial charge in [-0.3, -0.25) is 0 Å². The highest BCUT2D eigenvalue weighted by Crippen LogP contribution is 2.26. The fourth-order valence-corrected chi connectivity index (χ4v) is 2.21. The van der Waals surface area contributed by atoms with Crippen LogP contribution in [0.2, 0.25) is 0 Å². The Labute approximate surface area is 106 Å². The van der Waals surface area contributed by atoms with Crippen LogP contribution < -0.4 is 0 Å². The minimum Gasteiger partial charge on any atom is -0.306 e. The van der Waals surface area contributed by atoms with Gasteiger partial charge in [0.2, 0.25) is 0 Å². The lowest BCUT2D eigenvalue weighted by Gasteiger charge is -2.12. The molecule has 18 heavy (non-hydrogen) atoms. The second-order valence-corrected chi connectivity index (χ2v) is 4.61. The molecule has 0 radical (unpaired) electrons. The molecule has 90 valence electrons. The fraction of sp³-hybridized carbons (Fsp3) is 0.200. The quantitative estimate of drug-likeness (QED) is 0.680. The van der Waals surface area contributed by atoms with Gasteiger partial charge >= 0.3 is 0 Å². The molecule has 0 saturated carbocycles. The smallest absolute Gasteiger partial charge is 0.160 e. The first-order valence-corrected chi connectivity index (χ1v) is 6.16. The first kappa shape index (κ1) is 11.0. The molecule has 1 aromatic carbocycles.